The lowest BCUT2D eigenvalue weighted by molar-refractivity contribution is -0.132. The number of likely N-dealkylation sites (tertiary alicyclic amines) is 1. The summed E-state index contributed by atoms with van der Waals surface area (Å²) in [6, 6.07) is 9.26. The van der Waals surface area contributed by atoms with Crippen LogP contribution in [0.25, 0.3) is 17.0 Å². The van der Waals surface area contributed by atoms with Crippen LogP contribution in [0.4, 0.5) is 5.13 Å². The monoisotopic (exact) mass is 378 g/mol. The molecule has 7 heteroatoms. The van der Waals surface area contributed by atoms with Crippen molar-refractivity contribution in [1.82, 2.24) is 14.9 Å². The van der Waals surface area contributed by atoms with Gasteiger partial charge in [0.2, 0.25) is 11.8 Å². The van der Waals surface area contributed by atoms with Gasteiger partial charge in [-0.15, -0.1) is 11.3 Å². The summed E-state index contributed by atoms with van der Waals surface area (Å²) in [6.07, 6.45) is 8.14. The molecule has 0 radical (unpaired) electrons. The van der Waals surface area contributed by atoms with Crippen LogP contribution < -0.4 is 5.32 Å². The molecule has 2 amide bonds. The maximum atomic E-state index is 12.7. The van der Waals surface area contributed by atoms with E-state index in [-0.39, 0.29) is 11.8 Å². The van der Waals surface area contributed by atoms with Crippen LogP contribution in [0.5, 0.6) is 0 Å². The Labute approximate surface area is 160 Å². The van der Waals surface area contributed by atoms with Gasteiger partial charge in [-0.2, -0.15) is 0 Å². The molecule has 0 spiro atoms. The fourth-order valence-corrected chi connectivity index (χ4v) is 3.83. The minimum atomic E-state index is -0.461. The van der Waals surface area contributed by atoms with Crippen LogP contribution in [-0.2, 0) is 9.59 Å². The van der Waals surface area contributed by atoms with Gasteiger partial charge in [0.1, 0.15) is 6.04 Å². The molecule has 1 aliphatic heterocycles. The van der Waals surface area contributed by atoms with E-state index in [9.17, 15) is 9.59 Å². The lowest BCUT2D eigenvalue weighted by Gasteiger charge is -2.22. The Hall–Kier alpha value is -3.06. The summed E-state index contributed by atoms with van der Waals surface area (Å²) < 4.78 is 0. The number of benzene rings is 1. The molecule has 0 saturated carbocycles. The van der Waals surface area contributed by atoms with E-state index in [4.69, 9.17) is 0 Å². The zero-order valence-electron chi connectivity index (χ0n) is 14.5. The summed E-state index contributed by atoms with van der Waals surface area (Å²) >= 11 is 1.36. The maximum absolute atomic E-state index is 12.7. The van der Waals surface area contributed by atoms with Gasteiger partial charge in [0, 0.05) is 41.3 Å². The normalized spacial score (nSPS) is 16.9. The molecule has 1 fully saturated rings. The van der Waals surface area contributed by atoms with Crippen molar-refractivity contribution >= 4 is 45.3 Å². The van der Waals surface area contributed by atoms with Gasteiger partial charge in [-0.1, -0.05) is 24.3 Å². The quantitative estimate of drug-likeness (QED) is 0.707. The minimum absolute atomic E-state index is 0.167. The SMILES string of the molecule is O=C(Nc1nccs1)[C@@H]1CCCN1C(=O)/C=C\c1cccc2cccnc12. The number of hydrogen-bond donors (Lipinski definition) is 1. The summed E-state index contributed by atoms with van der Waals surface area (Å²) in [5.74, 6) is -0.351. The molecule has 4 rings (SSSR count). The zero-order valence-corrected chi connectivity index (χ0v) is 15.4. The molecule has 0 bridgehead atoms. The summed E-state index contributed by atoms with van der Waals surface area (Å²) in [7, 11) is 0. The van der Waals surface area contributed by atoms with Crippen molar-refractivity contribution in [3.63, 3.8) is 0 Å². The lowest BCUT2D eigenvalue weighted by Crippen LogP contribution is -2.42. The topological polar surface area (TPSA) is 75.2 Å². The third kappa shape index (κ3) is 3.73. The number of nitrogens with one attached hydrogen (secondary N) is 1. The second-order valence-corrected chi connectivity index (χ2v) is 7.17. The summed E-state index contributed by atoms with van der Waals surface area (Å²) in [6.45, 7) is 0.576. The highest BCUT2D eigenvalue weighted by atomic mass is 32.1. The average molecular weight is 378 g/mol. The van der Waals surface area contributed by atoms with Crippen LogP contribution in [0.3, 0.4) is 0 Å². The second kappa shape index (κ2) is 7.67. The Morgan fingerprint density at radius 2 is 2.07 bits per heavy atom. The number of carbonyl (C=O) groups excluding carboxylic acids is 2. The van der Waals surface area contributed by atoms with Crippen LogP contribution in [0.15, 0.2) is 54.2 Å². The van der Waals surface area contributed by atoms with E-state index in [1.54, 1.807) is 28.7 Å². The molecule has 1 aromatic carbocycles. The van der Waals surface area contributed by atoms with E-state index >= 15 is 0 Å². The Kier molecular flexibility index (Phi) is 4.93. The molecule has 136 valence electrons. The fourth-order valence-electron chi connectivity index (χ4n) is 3.30. The van der Waals surface area contributed by atoms with Crippen LogP contribution >= 0.6 is 11.3 Å². The average Bonchev–Trinajstić information content (AvgIpc) is 3.38. The predicted molar refractivity (Wildman–Crippen MR) is 106 cm³/mol. The molecule has 0 aliphatic carbocycles. The molecule has 6 nitrogen and oxygen atoms in total. The molecular weight excluding hydrogens is 360 g/mol. The molecule has 0 unspecified atom stereocenters. The third-order valence-electron chi connectivity index (χ3n) is 4.57. The van der Waals surface area contributed by atoms with Crippen LogP contribution in [0.1, 0.15) is 18.4 Å². The van der Waals surface area contributed by atoms with Crippen molar-refractivity contribution in [2.45, 2.75) is 18.9 Å². The smallest absolute Gasteiger partial charge is 0.248 e. The van der Waals surface area contributed by atoms with Crippen LogP contribution in [-0.4, -0.2) is 39.3 Å². The Morgan fingerprint density at radius 1 is 1.19 bits per heavy atom. The van der Waals surface area contributed by atoms with Crippen LogP contribution in [0.2, 0.25) is 0 Å². The third-order valence-corrected chi connectivity index (χ3v) is 5.26. The molecule has 27 heavy (non-hydrogen) atoms. The van der Waals surface area contributed by atoms with Gasteiger partial charge < -0.3 is 10.2 Å². The number of para-hydroxylation sites is 1. The standard InChI is InChI=1S/C20H18N4O2S/c25-17(9-8-15-5-1-4-14-6-2-10-21-18(14)15)24-12-3-7-16(24)19(26)23-20-22-11-13-27-20/h1-2,4-6,8-11,13,16H,3,7,12H2,(H,22,23,26)/b9-8-/t16-/m0/s1. The number of fused-ring (bicyclic) bond motifs is 1. The first-order valence-electron chi connectivity index (χ1n) is 8.75. The Bertz CT molecular complexity index is 995. The van der Waals surface area contributed by atoms with Gasteiger partial charge in [0.05, 0.1) is 5.52 Å². The molecule has 1 N–H and O–H groups in total. The first-order valence-corrected chi connectivity index (χ1v) is 9.63. The first-order chi connectivity index (χ1) is 13.2. The number of amides is 2. The van der Waals surface area contributed by atoms with Gasteiger partial charge in [0.25, 0.3) is 0 Å². The first kappa shape index (κ1) is 17.4. The van der Waals surface area contributed by atoms with Gasteiger partial charge in [-0.3, -0.25) is 14.6 Å². The predicted octanol–water partition coefficient (Wildman–Crippen LogP) is 3.33. The van der Waals surface area contributed by atoms with Crippen molar-refractivity contribution in [3.05, 3.63) is 59.7 Å². The zero-order chi connectivity index (χ0) is 18.6. The van der Waals surface area contributed by atoms with Crippen LogP contribution in [0, 0.1) is 0 Å². The van der Waals surface area contributed by atoms with Crippen molar-refractivity contribution < 1.29 is 9.59 Å². The highest BCUT2D eigenvalue weighted by molar-refractivity contribution is 7.13. The Morgan fingerprint density at radius 3 is 2.93 bits per heavy atom. The number of pyridine rings is 1. The number of thiazole rings is 1. The molecule has 1 atom stereocenters. The number of hydrogen-bond acceptors (Lipinski definition) is 5. The molecule has 3 aromatic rings. The minimum Gasteiger partial charge on any atom is -0.327 e. The lowest BCUT2D eigenvalue weighted by atomic mass is 10.1. The largest absolute Gasteiger partial charge is 0.327 e. The maximum Gasteiger partial charge on any atom is 0.248 e. The van der Waals surface area contributed by atoms with Crippen molar-refractivity contribution in [1.29, 1.82) is 0 Å². The van der Waals surface area contributed by atoms with Crippen molar-refractivity contribution in [3.8, 4) is 0 Å². The number of aromatic nitrogens is 2. The van der Waals surface area contributed by atoms with Gasteiger partial charge >= 0.3 is 0 Å². The van der Waals surface area contributed by atoms with Gasteiger partial charge in [-0.05, 0) is 25.0 Å². The molecule has 1 aliphatic rings. The Balaban J connectivity index is 1.49. The summed E-state index contributed by atoms with van der Waals surface area (Å²) in [5.41, 5.74) is 1.73. The number of rotatable bonds is 4. The molecule has 2 aromatic heterocycles. The van der Waals surface area contributed by atoms with E-state index in [1.165, 1.54) is 17.4 Å². The van der Waals surface area contributed by atoms with Crippen molar-refractivity contribution in [2.75, 3.05) is 11.9 Å². The molecule has 3 heterocycles. The van der Waals surface area contributed by atoms with E-state index in [1.807, 2.05) is 30.3 Å². The summed E-state index contributed by atoms with van der Waals surface area (Å²) in [4.78, 5) is 35.3. The fraction of sp³-hybridized carbons (Fsp3) is 0.200. The number of carbonyl (C=O) groups is 2. The highest BCUT2D eigenvalue weighted by Crippen LogP contribution is 2.22. The van der Waals surface area contributed by atoms with Crippen molar-refractivity contribution in [2.24, 2.45) is 0 Å². The number of anilines is 1. The van der Waals surface area contributed by atoms with E-state index in [2.05, 4.69) is 15.3 Å². The van der Waals surface area contributed by atoms with E-state index in [0.29, 0.717) is 18.1 Å². The van der Waals surface area contributed by atoms with E-state index in [0.717, 1.165) is 22.9 Å². The molecule has 1 saturated heterocycles. The van der Waals surface area contributed by atoms with E-state index < -0.39 is 6.04 Å². The second-order valence-electron chi connectivity index (χ2n) is 6.27. The highest BCUT2D eigenvalue weighted by Gasteiger charge is 2.33. The number of nitrogens with zero attached hydrogens (tertiary/aromatic N) is 3. The summed E-state index contributed by atoms with van der Waals surface area (Å²) in [5, 5.41) is 6.16. The van der Waals surface area contributed by atoms with Gasteiger partial charge in [0.15, 0.2) is 5.13 Å². The molecular formula is C20H18N4O2S. The van der Waals surface area contributed by atoms with Gasteiger partial charge in [-0.25, -0.2) is 4.98 Å².